The molecule has 2 aromatic carbocycles. The van der Waals surface area contributed by atoms with Crippen LogP contribution in [0.4, 0.5) is 5.69 Å². The number of hydrogen-bond donors (Lipinski definition) is 2. The highest BCUT2D eigenvalue weighted by molar-refractivity contribution is 6.30. The minimum absolute atomic E-state index is 0.0303. The summed E-state index contributed by atoms with van der Waals surface area (Å²) >= 11 is 6.05. The summed E-state index contributed by atoms with van der Waals surface area (Å²) in [5.41, 5.74) is 0.559. The first-order valence-electron chi connectivity index (χ1n) is 9.32. The molecular weight excluding hydrogens is 408 g/mol. The number of aromatic hydroxyl groups is 1. The number of H-pyrrole nitrogens is 1. The lowest BCUT2D eigenvalue weighted by molar-refractivity contribution is 0.0739. The molecular formula is C20H19ClN6O3. The number of aromatic amines is 1. The van der Waals surface area contributed by atoms with E-state index in [4.69, 9.17) is 11.6 Å². The van der Waals surface area contributed by atoms with Crippen molar-refractivity contribution in [2.24, 2.45) is 5.10 Å². The van der Waals surface area contributed by atoms with E-state index in [1.807, 2.05) is 24.3 Å². The molecule has 9 nitrogen and oxygen atoms in total. The molecule has 1 amide bonds. The highest BCUT2D eigenvalue weighted by Crippen LogP contribution is 2.21. The van der Waals surface area contributed by atoms with Gasteiger partial charge in [0.05, 0.1) is 6.21 Å². The van der Waals surface area contributed by atoms with Crippen molar-refractivity contribution >= 4 is 29.4 Å². The van der Waals surface area contributed by atoms with Crippen LogP contribution in [-0.4, -0.2) is 63.4 Å². The van der Waals surface area contributed by atoms with Crippen molar-refractivity contribution in [3.8, 4) is 5.75 Å². The number of halogens is 1. The Kier molecular flexibility index (Phi) is 5.53. The fourth-order valence-electron chi connectivity index (χ4n) is 3.22. The van der Waals surface area contributed by atoms with Crippen molar-refractivity contribution in [3.05, 3.63) is 75.2 Å². The molecule has 1 saturated heterocycles. The number of phenols is 1. The summed E-state index contributed by atoms with van der Waals surface area (Å²) in [5.74, 6) is -0.416. The molecule has 1 aliphatic heterocycles. The van der Waals surface area contributed by atoms with Crippen molar-refractivity contribution in [1.82, 2.24) is 20.0 Å². The summed E-state index contributed by atoms with van der Waals surface area (Å²) in [4.78, 5) is 29.9. The molecule has 0 saturated carbocycles. The summed E-state index contributed by atoms with van der Waals surface area (Å²) in [6.45, 7) is 2.16. The number of nitrogens with zero attached hydrogens (tertiary/aromatic N) is 5. The van der Waals surface area contributed by atoms with Gasteiger partial charge in [-0.3, -0.25) is 9.59 Å². The molecule has 154 valence electrons. The van der Waals surface area contributed by atoms with E-state index >= 15 is 0 Å². The average molecular weight is 427 g/mol. The third-order valence-electron chi connectivity index (χ3n) is 4.84. The number of nitrogens with one attached hydrogen (secondary N) is 1. The number of hydrogen-bond acceptors (Lipinski definition) is 6. The van der Waals surface area contributed by atoms with Crippen LogP contribution in [0.2, 0.25) is 5.02 Å². The molecule has 0 atom stereocenters. The number of carbonyl (C=O) groups is 1. The van der Waals surface area contributed by atoms with Gasteiger partial charge in [-0.1, -0.05) is 29.8 Å². The smallest absolute Gasteiger partial charge is 0.320 e. The summed E-state index contributed by atoms with van der Waals surface area (Å²) in [6.07, 6.45) is 1.31. The first-order valence-corrected chi connectivity index (χ1v) is 9.70. The van der Waals surface area contributed by atoms with Crippen LogP contribution in [-0.2, 0) is 0 Å². The Hall–Kier alpha value is -3.59. The monoisotopic (exact) mass is 426 g/mol. The summed E-state index contributed by atoms with van der Waals surface area (Å²) < 4.78 is 0. The molecule has 1 fully saturated rings. The number of anilines is 1. The molecule has 0 spiro atoms. The lowest BCUT2D eigenvalue weighted by Gasteiger charge is -2.35. The number of piperazine rings is 1. The summed E-state index contributed by atoms with van der Waals surface area (Å²) in [6, 6.07) is 14.1. The Balaban J connectivity index is 1.43. The average Bonchev–Trinajstić information content (AvgIpc) is 3.13. The van der Waals surface area contributed by atoms with E-state index in [0.29, 0.717) is 36.8 Å². The largest absolute Gasteiger partial charge is 0.507 e. The van der Waals surface area contributed by atoms with Crippen LogP contribution in [0.5, 0.6) is 5.75 Å². The molecule has 2 N–H and O–H groups in total. The number of para-hydroxylation sites is 1. The van der Waals surface area contributed by atoms with E-state index in [0.717, 1.165) is 10.5 Å². The zero-order valence-corrected chi connectivity index (χ0v) is 16.7. The van der Waals surface area contributed by atoms with Crippen molar-refractivity contribution in [3.63, 3.8) is 0 Å². The minimum Gasteiger partial charge on any atom is -0.507 e. The topological polar surface area (TPSA) is 107 Å². The van der Waals surface area contributed by atoms with Gasteiger partial charge in [0.15, 0.2) is 0 Å². The van der Waals surface area contributed by atoms with Crippen molar-refractivity contribution < 1.29 is 9.90 Å². The minimum atomic E-state index is -0.649. The van der Waals surface area contributed by atoms with Crippen molar-refractivity contribution in [1.29, 1.82) is 0 Å². The van der Waals surface area contributed by atoms with Crippen molar-refractivity contribution in [2.75, 3.05) is 31.1 Å². The Morgan fingerprint density at radius 2 is 1.90 bits per heavy atom. The normalized spacial score (nSPS) is 14.4. The first-order chi connectivity index (χ1) is 14.5. The van der Waals surface area contributed by atoms with Crippen LogP contribution < -0.4 is 10.5 Å². The predicted molar refractivity (Wildman–Crippen MR) is 114 cm³/mol. The lowest BCUT2D eigenvalue weighted by Crippen LogP contribution is -2.49. The van der Waals surface area contributed by atoms with Crippen LogP contribution in [0.1, 0.15) is 16.1 Å². The van der Waals surface area contributed by atoms with Crippen LogP contribution in [0.25, 0.3) is 0 Å². The van der Waals surface area contributed by atoms with Gasteiger partial charge in [0.2, 0.25) is 5.69 Å². The number of rotatable bonds is 4. The maximum Gasteiger partial charge on any atom is 0.320 e. The molecule has 1 aliphatic rings. The van der Waals surface area contributed by atoms with E-state index in [1.54, 1.807) is 23.1 Å². The van der Waals surface area contributed by atoms with Crippen molar-refractivity contribution in [2.45, 2.75) is 0 Å². The Labute approximate surface area is 176 Å². The first kappa shape index (κ1) is 19.7. The van der Waals surface area contributed by atoms with Gasteiger partial charge in [0.25, 0.3) is 5.91 Å². The zero-order valence-electron chi connectivity index (χ0n) is 15.9. The molecule has 4 rings (SSSR count). The third-order valence-corrected chi connectivity index (χ3v) is 5.08. The second kappa shape index (κ2) is 8.42. The quantitative estimate of drug-likeness (QED) is 0.618. The third kappa shape index (κ3) is 4.06. The van der Waals surface area contributed by atoms with E-state index < -0.39 is 11.5 Å². The fourth-order valence-corrected chi connectivity index (χ4v) is 3.40. The molecule has 0 radical (unpaired) electrons. The maximum atomic E-state index is 12.8. The second-order valence-corrected chi connectivity index (χ2v) is 7.18. The number of benzene rings is 2. The highest BCUT2D eigenvalue weighted by Gasteiger charge is 2.26. The predicted octanol–water partition coefficient (Wildman–Crippen LogP) is 1.77. The standard InChI is InChI=1S/C20H19ClN6O3/c21-15-5-3-6-16(12-15)25-8-10-26(11-9-25)19(29)18-20(30)27(24-23-18)22-13-14-4-1-2-7-17(14)28/h1-7,12-13,24,28H,8-11H2. The Morgan fingerprint density at radius 1 is 1.13 bits per heavy atom. The highest BCUT2D eigenvalue weighted by atomic mass is 35.5. The molecule has 1 aromatic heterocycles. The van der Waals surface area contributed by atoms with Crippen LogP contribution >= 0.6 is 11.6 Å². The van der Waals surface area contributed by atoms with E-state index in [9.17, 15) is 14.7 Å². The molecule has 3 aromatic rings. The molecule has 30 heavy (non-hydrogen) atoms. The van der Waals surface area contributed by atoms with E-state index in [-0.39, 0.29) is 11.4 Å². The van der Waals surface area contributed by atoms with Gasteiger partial charge in [-0.15, -0.1) is 9.89 Å². The van der Waals surface area contributed by atoms with Crippen LogP contribution in [0.15, 0.2) is 58.4 Å². The molecule has 10 heteroatoms. The van der Waals surface area contributed by atoms with Gasteiger partial charge in [0.1, 0.15) is 5.75 Å². The number of aromatic nitrogens is 3. The summed E-state index contributed by atoms with van der Waals surface area (Å²) in [7, 11) is 0. The summed E-state index contributed by atoms with van der Waals surface area (Å²) in [5, 5.41) is 20.6. The molecule has 0 aliphatic carbocycles. The SMILES string of the molecule is O=C(c1n[nH]n(N=Cc2ccccc2O)c1=O)N1CCN(c2cccc(Cl)c2)CC1. The number of amides is 1. The maximum absolute atomic E-state index is 12.8. The van der Waals surface area contributed by atoms with Crippen LogP contribution in [0.3, 0.4) is 0 Å². The van der Waals surface area contributed by atoms with Gasteiger partial charge >= 0.3 is 5.56 Å². The Bertz CT molecular complexity index is 1150. The van der Waals surface area contributed by atoms with Gasteiger partial charge in [-0.05, 0) is 30.3 Å². The molecule has 2 heterocycles. The Morgan fingerprint density at radius 3 is 2.63 bits per heavy atom. The number of carbonyl (C=O) groups excluding carboxylic acids is 1. The zero-order chi connectivity index (χ0) is 21.1. The van der Waals surface area contributed by atoms with Gasteiger partial charge in [0, 0.05) is 42.5 Å². The van der Waals surface area contributed by atoms with Gasteiger partial charge in [-0.25, -0.2) is 0 Å². The van der Waals surface area contributed by atoms with Gasteiger partial charge < -0.3 is 14.9 Å². The lowest BCUT2D eigenvalue weighted by atomic mass is 10.2. The van der Waals surface area contributed by atoms with E-state index in [2.05, 4.69) is 20.3 Å². The number of phenolic OH excluding ortho intramolecular Hbond substituents is 1. The fraction of sp³-hybridized carbons (Fsp3) is 0.200. The van der Waals surface area contributed by atoms with E-state index in [1.165, 1.54) is 12.3 Å². The molecule has 0 unspecified atom stereocenters. The molecule has 0 bridgehead atoms. The van der Waals surface area contributed by atoms with Crippen LogP contribution in [0, 0.1) is 0 Å². The van der Waals surface area contributed by atoms with Gasteiger partial charge in [-0.2, -0.15) is 10.3 Å². The second-order valence-electron chi connectivity index (χ2n) is 6.74.